The molecule has 0 bridgehead atoms. The molecule has 0 atom stereocenters. The van der Waals surface area contributed by atoms with Gasteiger partial charge in [0.2, 0.25) is 0 Å². The number of benzene rings is 2. The summed E-state index contributed by atoms with van der Waals surface area (Å²) in [7, 11) is -4.09. The minimum absolute atomic E-state index is 0.0623. The summed E-state index contributed by atoms with van der Waals surface area (Å²) in [5.74, 6) is 0.0816. The van der Waals surface area contributed by atoms with E-state index in [1.165, 1.54) is 42.5 Å². The molecule has 0 saturated carbocycles. The van der Waals surface area contributed by atoms with Crippen molar-refractivity contribution < 1.29 is 12.6 Å². The molecule has 0 fully saturated rings. The van der Waals surface area contributed by atoms with E-state index in [4.69, 9.17) is 37.9 Å². The molecular formula is C17H10Cl2N2O3S. The minimum atomic E-state index is -4.09. The average molecular weight is 393 g/mol. The molecule has 0 aromatic heterocycles. The lowest BCUT2D eigenvalue weighted by Gasteiger charge is -2.10. The highest BCUT2D eigenvalue weighted by atomic mass is 35.5. The van der Waals surface area contributed by atoms with Crippen molar-refractivity contribution in [3.63, 3.8) is 0 Å². The van der Waals surface area contributed by atoms with Crippen LogP contribution in [0.3, 0.4) is 0 Å². The SMILES string of the molecule is Cc1cc(Cl)c(Cl)cc1S(=O)(=O)Oc1ccc(C=C(C#N)C#N)cc1. The summed E-state index contributed by atoms with van der Waals surface area (Å²) in [5.41, 5.74) is 0.905. The quantitative estimate of drug-likeness (QED) is 0.564. The van der Waals surface area contributed by atoms with Gasteiger partial charge in [-0.05, 0) is 48.4 Å². The zero-order valence-corrected chi connectivity index (χ0v) is 15.2. The molecule has 0 amide bonds. The lowest BCUT2D eigenvalue weighted by molar-refractivity contribution is 0.485. The second-order valence-corrected chi connectivity index (χ2v) is 7.25. The first kappa shape index (κ1) is 18.8. The van der Waals surface area contributed by atoms with Crippen molar-refractivity contribution in [2.45, 2.75) is 11.8 Å². The fourth-order valence-corrected chi connectivity index (χ4v) is 3.56. The van der Waals surface area contributed by atoms with Crippen molar-refractivity contribution in [3.05, 3.63) is 63.1 Å². The topological polar surface area (TPSA) is 90.9 Å². The van der Waals surface area contributed by atoms with Crippen LogP contribution in [0, 0.1) is 29.6 Å². The lowest BCUT2D eigenvalue weighted by Crippen LogP contribution is -2.11. The summed E-state index contributed by atoms with van der Waals surface area (Å²) >= 11 is 11.7. The number of hydrogen-bond acceptors (Lipinski definition) is 5. The summed E-state index contributed by atoms with van der Waals surface area (Å²) in [6.07, 6.45) is 1.38. The van der Waals surface area contributed by atoms with Crippen LogP contribution in [0.5, 0.6) is 5.75 Å². The fraction of sp³-hybridized carbons (Fsp3) is 0.0588. The van der Waals surface area contributed by atoms with Crippen LogP contribution in [0.4, 0.5) is 0 Å². The Labute approximate surface area is 155 Å². The fourth-order valence-electron chi connectivity index (χ4n) is 1.94. The molecule has 2 aromatic rings. The van der Waals surface area contributed by atoms with E-state index in [-0.39, 0.29) is 26.3 Å². The molecule has 8 heteroatoms. The average Bonchev–Trinajstić information content (AvgIpc) is 2.57. The van der Waals surface area contributed by atoms with Crippen LogP contribution in [-0.2, 0) is 10.1 Å². The van der Waals surface area contributed by atoms with E-state index in [2.05, 4.69) is 0 Å². The van der Waals surface area contributed by atoms with E-state index >= 15 is 0 Å². The molecule has 0 aliphatic rings. The van der Waals surface area contributed by atoms with Crippen LogP contribution < -0.4 is 4.18 Å². The highest BCUT2D eigenvalue weighted by Crippen LogP contribution is 2.30. The minimum Gasteiger partial charge on any atom is -0.379 e. The van der Waals surface area contributed by atoms with Crippen LogP contribution in [0.1, 0.15) is 11.1 Å². The van der Waals surface area contributed by atoms with Gasteiger partial charge in [0.05, 0.1) is 10.0 Å². The number of nitrogens with zero attached hydrogens (tertiary/aromatic N) is 2. The van der Waals surface area contributed by atoms with Gasteiger partial charge in [0.15, 0.2) is 0 Å². The predicted octanol–water partition coefficient (Wildman–Crippen LogP) is 4.50. The molecule has 2 rings (SSSR count). The Morgan fingerprint density at radius 1 is 1.08 bits per heavy atom. The van der Waals surface area contributed by atoms with Gasteiger partial charge in [-0.15, -0.1) is 0 Å². The summed E-state index contributed by atoms with van der Waals surface area (Å²) in [5, 5.41) is 17.8. The molecule has 0 aliphatic carbocycles. The molecule has 0 saturated heterocycles. The van der Waals surface area contributed by atoms with Gasteiger partial charge in [-0.1, -0.05) is 35.3 Å². The maximum atomic E-state index is 12.4. The van der Waals surface area contributed by atoms with Crippen molar-refractivity contribution in [3.8, 4) is 17.9 Å². The van der Waals surface area contributed by atoms with Gasteiger partial charge >= 0.3 is 10.1 Å². The number of hydrogen-bond donors (Lipinski definition) is 0. The molecule has 5 nitrogen and oxygen atoms in total. The Morgan fingerprint density at radius 3 is 2.20 bits per heavy atom. The molecule has 0 heterocycles. The van der Waals surface area contributed by atoms with Gasteiger partial charge in [0.1, 0.15) is 28.4 Å². The second kappa shape index (κ2) is 7.58. The molecule has 0 aliphatic heterocycles. The zero-order chi connectivity index (χ0) is 18.6. The summed E-state index contributed by atoms with van der Waals surface area (Å²) in [4.78, 5) is -0.0814. The van der Waals surface area contributed by atoms with E-state index in [0.717, 1.165) is 0 Å². The summed E-state index contributed by atoms with van der Waals surface area (Å²) in [6.45, 7) is 1.58. The normalized spacial score (nSPS) is 10.4. The van der Waals surface area contributed by atoms with Gasteiger partial charge < -0.3 is 4.18 Å². The van der Waals surface area contributed by atoms with E-state index in [9.17, 15) is 8.42 Å². The molecule has 0 unspecified atom stereocenters. The van der Waals surface area contributed by atoms with Crippen molar-refractivity contribution in [1.29, 1.82) is 10.5 Å². The summed E-state index contributed by atoms with van der Waals surface area (Å²) < 4.78 is 29.9. The molecular weight excluding hydrogens is 383 g/mol. The second-order valence-electron chi connectivity index (χ2n) is 4.92. The van der Waals surface area contributed by atoms with E-state index in [1.54, 1.807) is 19.1 Å². The third-order valence-electron chi connectivity index (χ3n) is 3.13. The van der Waals surface area contributed by atoms with Gasteiger partial charge in [0.25, 0.3) is 0 Å². The Balaban J connectivity index is 2.31. The van der Waals surface area contributed by atoms with E-state index in [1.807, 2.05) is 0 Å². The third kappa shape index (κ3) is 4.52. The smallest absolute Gasteiger partial charge is 0.339 e. The van der Waals surface area contributed by atoms with Crippen LogP contribution in [0.25, 0.3) is 6.08 Å². The first-order valence-electron chi connectivity index (χ1n) is 6.79. The molecule has 0 N–H and O–H groups in total. The van der Waals surface area contributed by atoms with E-state index in [0.29, 0.717) is 11.1 Å². The molecule has 0 radical (unpaired) electrons. The number of aryl methyl sites for hydroxylation is 1. The summed E-state index contributed by atoms with van der Waals surface area (Å²) in [6, 6.07) is 12.1. The monoisotopic (exact) mass is 392 g/mol. The maximum Gasteiger partial charge on any atom is 0.339 e. The van der Waals surface area contributed by atoms with Crippen molar-refractivity contribution >= 4 is 39.4 Å². The predicted molar refractivity (Wildman–Crippen MR) is 94.7 cm³/mol. The van der Waals surface area contributed by atoms with Crippen molar-refractivity contribution in [2.75, 3.05) is 0 Å². The first-order chi connectivity index (χ1) is 11.8. The standard InChI is InChI=1S/C17H10Cl2N2O3S/c1-11-6-15(18)16(19)8-17(11)25(22,23)24-14-4-2-12(3-5-14)7-13(9-20)10-21/h2-8H,1H3. The lowest BCUT2D eigenvalue weighted by atomic mass is 10.1. The van der Waals surface area contributed by atoms with E-state index < -0.39 is 10.1 Å². The highest BCUT2D eigenvalue weighted by molar-refractivity contribution is 7.87. The van der Waals surface area contributed by atoms with Crippen LogP contribution in [-0.4, -0.2) is 8.42 Å². The van der Waals surface area contributed by atoms with Crippen molar-refractivity contribution in [2.24, 2.45) is 0 Å². The van der Waals surface area contributed by atoms with Gasteiger partial charge in [-0.2, -0.15) is 18.9 Å². The maximum absolute atomic E-state index is 12.4. The molecule has 2 aromatic carbocycles. The van der Waals surface area contributed by atoms with Crippen LogP contribution in [0.2, 0.25) is 10.0 Å². The van der Waals surface area contributed by atoms with Gasteiger partial charge in [0, 0.05) is 0 Å². The van der Waals surface area contributed by atoms with Gasteiger partial charge in [-0.25, -0.2) is 0 Å². The number of allylic oxidation sites excluding steroid dienone is 1. The third-order valence-corrected chi connectivity index (χ3v) is 5.24. The van der Waals surface area contributed by atoms with Gasteiger partial charge in [-0.3, -0.25) is 0 Å². The Hall–Kier alpha value is -2.51. The van der Waals surface area contributed by atoms with Crippen molar-refractivity contribution in [1.82, 2.24) is 0 Å². The van der Waals surface area contributed by atoms with Crippen LogP contribution in [0.15, 0.2) is 46.9 Å². The Bertz CT molecular complexity index is 1020. The molecule has 25 heavy (non-hydrogen) atoms. The first-order valence-corrected chi connectivity index (χ1v) is 8.95. The Morgan fingerprint density at radius 2 is 1.64 bits per heavy atom. The number of rotatable bonds is 4. The molecule has 126 valence electrons. The zero-order valence-electron chi connectivity index (χ0n) is 12.8. The molecule has 0 spiro atoms. The Kier molecular flexibility index (Phi) is 5.71. The largest absolute Gasteiger partial charge is 0.379 e. The van der Waals surface area contributed by atoms with Crippen LogP contribution >= 0.6 is 23.2 Å². The highest BCUT2D eigenvalue weighted by Gasteiger charge is 2.21. The number of halogens is 2. The number of nitriles is 2.